The van der Waals surface area contributed by atoms with Gasteiger partial charge < -0.3 is 10.6 Å². The summed E-state index contributed by atoms with van der Waals surface area (Å²) in [6, 6.07) is 10.9. The van der Waals surface area contributed by atoms with Gasteiger partial charge in [-0.3, -0.25) is 4.90 Å². The largest absolute Gasteiger partial charge is 0.357 e. The van der Waals surface area contributed by atoms with Crippen molar-refractivity contribution in [2.24, 2.45) is 4.99 Å². The molecule has 1 aromatic carbocycles. The van der Waals surface area contributed by atoms with Gasteiger partial charge in [0.05, 0.1) is 6.54 Å². The summed E-state index contributed by atoms with van der Waals surface area (Å²) in [5, 5.41) is 11.1. The Balaban J connectivity index is 1.60. The van der Waals surface area contributed by atoms with E-state index in [0.717, 1.165) is 25.6 Å². The Morgan fingerprint density at radius 1 is 1.08 bits per heavy atom. The summed E-state index contributed by atoms with van der Waals surface area (Å²) in [5.41, 5.74) is 4.05. The average Bonchev–Trinajstić information content (AvgIpc) is 3.19. The molecule has 0 aliphatic carbocycles. The minimum atomic E-state index is 0.717. The first kappa shape index (κ1) is 18.9. The fourth-order valence-corrected chi connectivity index (χ4v) is 3.98. The first-order valence-corrected chi connectivity index (χ1v) is 10.6. The van der Waals surface area contributed by atoms with Crippen LogP contribution in [-0.4, -0.2) is 30.5 Å². The lowest BCUT2D eigenvalue weighted by Crippen LogP contribution is -2.37. The summed E-state index contributed by atoms with van der Waals surface area (Å²) < 4.78 is 0. The molecule has 4 nitrogen and oxygen atoms in total. The second-order valence-corrected chi connectivity index (χ2v) is 7.57. The number of hydrogen-bond acceptors (Lipinski definition) is 3. The number of guanidine groups is 1. The summed E-state index contributed by atoms with van der Waals surface area (Å²) in [4.78, 5) is 7.29. The molecule has 26 heavy (non-hydrogen) atoms. The fraction of sp³-hybridized carbons (Fsp3) is 0.476. The van der Waals surface area contributed by atoms with Crippen molar-refractivity contribution >= 4 is 17.3 Å². The highest BCUT2D eigenvalue weighted by Gasteiger charge is 2.12. The van der Waals surface area contributed by atoms with Gasteiger partial charge in [0.15, 0.2) is 5.96 Å². The Kier molecular flexibility index (Phi) is 7.52. The second kappa shape index (κ2) is 10.3. The quantitative estimate of drug-likeness (QED) is 0.572. The Morgan fingerprint density at radius 2 is 1.88 bits per heavy atom. The van der Waals surface area contributed by atoms with E-state index in [2.05, 4.69) is 63.5 Å². The second-order valence-electron chi connectivity index (χ2n) is 6.79. The van der Waals surface area contributed by atoms with Crippen LogP contribution in [0.25, 0.3) is 0 Å². The SMILES string of the molecule is CCNC(=NCc1ccsc1)NCc1ccccc1CN1CCCCC1. The van der Waals surface area contributed by atoms with Gasteiger partial charge in [-0.25, -0.2) is 4.99 Å². The first-order chi connectivity index (χ1) is 12.8. The van der Waals surface area contributed by atoms with Gasteiger partial charge in [-0.1, -0.05) is 30.7 Å². The van der Waals surface area contributed by atoms with Gasteiger partial charge in [0.2, 0.25) is 0 Å². The number of hydrogen-bond donors (Lipinski definition) is 2. The number of piperidine rings is 1. The van der Waals surface area contributed by atoms with Crippen LogP contribution in [0.5, 0.6) is 0 Å². The van der Waals surface area contributed by atoms with Crippen LogP contribution in [0, 0.1) is 0 Å². The Morgan fingerprint density at radius 3 is 2.62 bits per heavy atom. The maximum absolute atomic E-state index is 4.71. The first-order valence-electron chi connectivity index (χ1n) is 9.67. The minimum Gasteiger partial charge on any atom is -0.357 e. The molecule has 1 aliphatic heterocycles. The molecule has 140 valence electrons. The van der Waals surface area contributed by atoms with Gasteiger partial charge >= 0.3 is 0 Å². The van der Waals surface area contributed by atoms with E-state index in [4.69, 9.17) is 4.99 Å². The molecule has 0 atom stereocenters. The third kappa shape index (κ3) is 5.85. The van der Waals surface area contributed by atoms with Gasteiger partial charge in [0.1, 0.15) is 0 Å². The van der Waals surface area contributed by atoms with Crippen LogP contribution in [-0.2, 0) is 19.6 Å². The molecular weight excluding hydrogens is 340 g/mol. The average molecular weight is 371 g/mol. The van der Waals surface area contributed by atoms with Crippen molar-refractivity contribution in [1.82, 2.24) is 15.5 Å². The molecule has 0 saturated carbocycles. The standard InChI is InChI=1S/C21H30N4S/c1-2-22-21(23-14-18-10-13-26-17-18)24-15-19-8-4-5-9-20(19)16-25-11-6-3-7-12-25/h4-5,8-10,13,17H,2-3,6-7,11-12,14-16H2,1H3,(H2,22,23,24). The molecule has 1 fully saturated rings. The van der Waals surface area contributed by atoms with Gasteiger partial charge in [-0.05, 0) is 66.4 Å². The van der Waals surface area contributed by atoms with Crippen molar-refractivity contribution in [3.63, 3.8) is 0 Å². The summed E-state index contributed by atoms with van der Waals surface area (Å²) >= 11 is 1.72. The van der Waals surface area contributed by atoms with Crippen LogP contribution in [0.2, 0.25) is 0 Å². The van der Waals surface area contributed by atoms with Crippen LogP contribution >= 0.6 is 11.3 Å². The summed E-state index contributed by atoms with van der Waals surface area (Å²) in [7, 11) is 0. The summed E-state index contributed by atoms with van der Waals surface area (Å²) in [6.45, 7) is 8.00. The molecule has 2 N–H and O–H groups in total. The van der Waals surface area contributed by atoms with Gasteiger partial charge in [0.25, 0.3) is 0 Å². The van der Waals surface area contributed by atoms with E-state index in [1.165, 1.54) is 49.0 Å². The summed E-state index contributed by atoms with van der Waals surface area (Å²) in [6.07, 6.45) is 4.05. The molecule has 1 aromatic heterocycles. The number of benzene rings is 1. The Hall–Kier alpha value is -1.85. The third-order valence-corrected chi connectivity index (χ3v) is 5.48. The van der Waals surface area contributed by atoms with Crippen LogP contribution in [0.1, 0.15) is 42.9 Å². The van der Waals surface area contributed by atoms with Crippen molar-refractivity contribution in [2.75, 3.05) is 19.6 Å². The molecule has 0 spiro atoms. The molecule has 3 rings (SSSR count). The molecule has 2 heterocycles. The van der Waals surface area contributed by atoms with E-state index < -0.39 is 0 Å². The van der Waals surface area contributed by atoms with Gasteiger partial charge in [-0.15, -0.1) is 0 Å². The molecule has 0 bridgehead atoms. The van der Waals surface area contributed by atoms with Crippen LogP contribution < -0.4 is 10.6 Å². The van der Waals surface area contributed by atoms with Crippen molar-refractivity contribution in [3.8, 4) is 0 Å². The number of nitrogens with zero attached hydrogens (tertiary/aromatic N) is 2. The van der Waals surface area contributed by atoms with Crippen molar-refractivity contribution in [1.29, 1.82) is 0 Å². The maximum Gasteiger partial charge on any atom is 0.191 e. The fourth-order valence-electron chi connectivity index (χ4n) is 3.32. The lowest BCUT2D eigenvalue weighted by Gasteiger charge is -2.27. The zero-order valence-electron chi connectivity index (χ0n) is 15.7. The molecule has 2 aromatic rings. The monoisotopic (exact) mass is 370 g/mol. The van der Waals surface area contributed by atoms with E-state index in [-0.39, 0.29) is 0 Å². The molecule has 1 saturated heterocycles. The highest BCUT2D eigenvalue weighted by molar-refractivity contribution is 7.07. The normalized spacial score (nSPS) is 15.8. The number of rotatable bonds is 7. The van der Waals surface area contributed by atoms with Crippen molar-refractivity contribution in [3.05, 3.63) is 57.8 Å². The lowest BCUT2D eigenvalue weighted by molar-refractivity contribution is 0.220. The smallest absolute Gasteiger partial charge is 0.191 e. The van der Waals surface area contributed by atoms with Crippen LogP contribution in [0.4, 0.5) is 0 Å². The lowest BCUT2D eigenvalue weighted by atomic mass is 10.0. The van der Waals surface area contributed by atoms with Gasteiger partial charge in [0, 0.05) is 19.6 Å². The number of nitrogens with one attached hydrogen (secondary N) is 2. The highest BCUT2D eigenvalue weighted by Crippen LogP contribution is 2.16. The van der Waals surface area contributed by atoms with Crippen LogP contribution in [0.15, 0.2) is 46.1 Å². The maximum atomic E-state index is 4.71. The zero-order valence-corrected chi connectivity index (χ0v) is 16.5. The van der Waals surface area contributed by atoms with Crippen LogP contribution in [0.3, 0.4) is 0 Å². The molecule has 5 heteroatoms. The highest BCUT2D eigenvalue weighted by atomic mass is 32.1. The molecule has 1 aliphatic rings. The third-order valence-electron chi connectivity index (χ3n) is 4.75. The predicted molar refractivity (Wildman–Crippen MR) is 112 cm³/mol. The molecule has 0 amide bonds. The topological polar surface area (TPSA) is 39.7 Å². The number of likely N-dealkylation sites (tertiary alicyclic amines) is 1. The minimum absolute atomic E-state index is 0.717. The molecule has 0 unspecified atom stereocenters. The van der Waals surface area contributed by atoms with Gasteiger partial charge in [-0.2, -0.15) is 11.3 Å². The van der Waals surface area contributed by atoms with Crippen molar-refractivity contribution in [2.45, 2.75) is 45.8 Å². The zero-order chi connectivity index (χ0) is 18.0. The molecule has 0 radical (unpaired) electrons. The Bertz CT molecular complexity index is 675. The van der Waals surface area contributed by atoms with E-state index in [9.17, 15) is 0 Å². The van der Waals surface area contributed by atoms with E-state index in [0.29, 0.717) is 6.54 Å². The number of aliphatic imine (C=N–C) groups is 1. The van der Waals surface area contributed by atoms with E-state index in [1.807, 2.05) is 0 Å². The summed E-state index contributed by atoms with van der Waals surface area (Å²) in [5.74, 6) is 0.881. The van der Waals surface area contributed by atoms with E-state index in [1.54, 1.807) is 11.3 Å². The molecular formula is C21H30N4S. The van der Waals surface area contributed by atoms with E-state index >= 15 is 0 Å². The predicted octanol–water partition coefficient (Wildman–Crippen LogP) is 3.99. The van der Waals surface area contributed by atoms with Crippen molar-refractivity contribution < 1.29 is 0 Å². The Labute approximate surface area is 161 Å². The number of thiophene rings is 1.